The van der Waals surface area contributed by atoms with Crippen molar-refractivity contribution in [2.75, 3.05) is 23.7 Å². The van der Waals surface area contributed by atoms with E-state index in [0.29, 0.717) is 5.25 Å². The van der Waals surface area contributed by atoms with Gasteiger partial charge in [-0.1, -0.05) is 6.92 Å². The van der Waals surface area contributed by atoms with Crippen LogP contribution in [0.4, 0.5) is 5.82 Å². The van der Waals surface area contributed by atoms with Crippen LogP contribution in [0.2, 0.25) is 0 Å². The Morgan fingerprint density at radius 3 is 3.21 bits per heavy atom. The number of pyridine rings is 1. The summed E-state index contributed by atoms with van der Waals surface area (Å²) in [4.78, 5) is 6.76. The van der Waals surface area contributed by atoms with E-state index in [-0.39, 0.29) is 0 Å². The molecule has 0 aromatic carbocycles. The van der Waals surface area contributed by atoms with Gasteiger partial charge in [0.1, 0.15) is 5.82 Å². The van der Waals surface area contributed by atoms with Crippen molar-refractivity contribution in [2.24, 2.45) is 0 Å². The lowest BCUT2D eigenvalue weighted by Gasteiger charge is -2.31. The van der Waals surface area contributed by atoms with E-state index in [4.69, 9.17) is 0 Å². The molecule has 1 fully saturated rings. The Kier molecular flexibility index (Phi) is 3.34. The summed E-state index contributed by atoms with van der Waals surface area (Å²) in [5.41, 5.74) is 0. The molecule has 0 saturated carbocycles. The third kappa shape index (κ3) is 2.23. The molecule has 76 valence electrons. The number of rotatable bonds is 1. The molecule has 14 heavy (non-hydrogen) atoms. The van der Waals surface area contributed by atoms with Gasteiger partial charge in [0.2, 0.25) is 0 Å². The molecule has 0 N–H and O–H groups in total. The maximum absolute atomic E-state index is 4.41. The van der Waals surface area contributed by atoms with Crippen molar-refractivity contribution in [1.82, 2.24) is 4.98 Å². The van der Waals surface area contributed by atoms with Crippen LogP contribution in [0.5, 0.6) is 0 Å². The summed E-state index contributed by atoms with van der Waals surface area (Å²) >= 11 is 5.58. The largest absolute Gasteiger partial charge is 0.354 e. The molecule has 0 aliphatic carbocycles. The van der Waals surface area contributed by atoms with Crippen LogP contribution < -0.4 is 4.90 Å². The summed E-state index contributed by atoms with van der Waals surface area (Å²) in [6.07, 6.45) is 1.85. The first-order chi connectivity index (χ1) is 6.77. The number of thioether (sulfide) groups is 1. The van der Waals surface area contributed by atoms with Gasteiger partial charge in [0.15, 0.2) is 0 Å². The second kappa shape index (κ2) is 4.53. The minimum Gasteiger partial charge on any atom is -0.354 e. The highest BCUT2D eigenvalue weighted by atomic mass is 79.9. The Morgan fingerprint density at radius 2 is 2.50 bits per heavy atom. The van der Waals surface area contributed by atoms with E-state index < -0.39 is 0 Å². The van der Waals surface area contributed by atoms with E-state index in [9.17, 15) is 0 Å². The van der Waals surface area contributed by atoms with Crippen molar-refractivity contribution in [3.63, 3.8) is 0 Å². The molecule has 2 nitrogen and oxygen atoms in total. The third-order valence-electron chi connectivity index (χ3n) is 2.28. The normalized spacial score (nSPS) is 22.4. The van der Waals surface area contributed by atoms with Crippen molar-refractivity contribution in [3.05, 3.63) is 22.8 Å². The Balaban J connectivity index is 2.18. The molecule has 1 aromatic rings. The number of halogens is 1. The lowest BCUT2D eigenvalue weighted by Crippen LogP contribution is -2.37. The molecular formula is C10H13BrN2S. The predicted molar refractivity (Wildman–Crippen MR) is 66.1 cm³/mol. The Morgan fingerprint density at radius 1 is 1.64 bits per heavy atom. The molecule has 4 heteroatoms. The minimum absolute atomic E-state index is 0.706. The zero-order valence-electron chi connectivity index (χ0n) is 8.11. The predicted octanol–water partition coefficient (Wildman–Crippen LogP) is 2.79. The fraction of sp³-hybridized carbons (Fsp3) is 0.500. The van der Waals surface area contributed by atoms with Crippen molar-refractivity contribution >= 4 is 33.5 Å². The zero-order chi connectivity index (χ0) is 9.97. The summed E-state index contributed by atoms with van der Waals surface area (Å²) in [5.74, 6) is 2.28. The summed E-state index contributed by atoms with van der Waals surface area (Å²) in [6.45, 7) is 4.47. The van der Waals surface area contributed by atoms with Gasteiger partial charge in [-0.25, -0.2) is 4.98 Å². The van der Waals surface area contributed by atoms with Crippen LogP contribution in [0, 0.1) is 0 Å². The lowest BCUT2D eigenvalue weighted by atomic mass is 10.3. The van der Waals surface area contributed by atoms with Crippen molar-refractivity contribution in [2.45, 2.75) is 12.2 Å². The maximum Gasteiger partial charge on any atom is 0.142 e. The number of nitrogens with zero attached hydrogens (tertiary/aromatic N) is 2. The van der Waals surface area contributed by atoms with E-state index in [0.717, 1.165) is 23.4 Å². The van der Waals surface area contributed by atoms with Gasteiger partial charge in [0.25, 0.3) is 0 Å². The van der Waals surface area contributed by atoms with Crippen LogP contribution in [0.25, 0.3) is 0 Å². The van der Waals surface area contributed by atoms with Gasteiger partial charge in [-0.2, -0.15) is 11.8 Å². The van der Waals surface area contributed by atoms with Crippen LogP contribution >= 0.6 is 27.7 Å². The summed E-state index contributed by atoms with van der Waals surface area (Å²) < 4.78 is 1.10. The maximum atomic E-state index is 4.41. The molecule has 1 unspecified atom stereocenters. The molecule has 1 aromatic heterocycles. The van der Waals surface area contributed by atoms with E-state index in [2.05, 4.69) is 38.8 Å². The average molecular weight is 273 g/mol. The van der Waals surface area contributed by atoms with Gasteiger partial charge in [-0.3, -0.25) is 0 Å². The fourth-order valence-corrected chi connectivity index (χ4v) is 3.14. The molecule has 2 rings (SSSR count). The smallest absolute Gasteiger partial charge is 0.142 e. The highest BCUT2D eigenvalue weighted by Gasteiger charge is 2.19. The number of anilines is 1. The first-order valence-electron chi connectivity index (χ1n) is 4.74. The zero-order valence-corrected chi connectivity index (χ0v) is 10.5. The van der Waals surface area contributed by atoms with Crippen LogP contribution in [-0.2, 0) is 0 Å². The van der Waals surface area contributed by atoms with Crippen LogP contribution in [-0.4, -0.2) is 29.1 Å². The van der Waals surface area contributed by atoms with E-state index in [1.807, 2.05) is 24.0 Å². The van der Waals surface area contributed by atoms with Crippen LogP contribution in [0.15, 0.2) is 22.8 Å². The van der Waals surface area contributed by atoms with Crippen molar-refractivity contribution in [1.29, 1.82) is 0 Å². The van der Waals surface area contributed by atoms with Gasteiger partial charge in [-0.15, -0.1) is 0 Å². The Bertz CT molecular complexity index is 319. The number of hydrogen-bond donors (Lipinski definition) is 0. The van der Waals surface area contributed by atoms with Gasteiger partial charge in [-0.05, 0) is 28.1 Å². The summed E-state index contributed by atoms with van der Waals surface area (Å²) in [7, 11) is 0. The molecule has 0 radical (unpaired) electrons. The quantitative estimate of drug-likeness (QED) is 0.782. The van der Waals surface area contributed by atoms with Gasteiger partial charge in [0.05, 0.1) is 4.47 Å². The molecule has 2 heterocycles. The molecule has 1 aliphatic heterocycles. The highest BCUT2D eigenvalue weighted by Crippen LogP contribution is 2.27. The minimum atomic E-state index is 0.706. The third-order valence-corrected chi connectivity index (χ3v) is 4.04. The summed E-state index contributed by atoms with van der Waals surface area (Å²) in [6, 6.07) is 4.00. The Hall–Kier alpha value is -0.220. The number of aromatic nitrogens is 1. The van der Waals surface area contributed by atoms with E-state index in [1.165, 1.54) is 5.75 Å². The molecule has 0 bridgehead atoms. The van der Waals surface area contributed by atoms with E-state index >= 15 is 0 Å². The van der Waals surface area contributed by atoms with Gasteiger partial charge in [0, 0.05) is 30.3 Å². The first kappa shape index (κ1) is 10.3. The molecule has 0 spiro atoms. The van der Waals surface area contributed by atoms with Gasteiger partial charge >= 0.3 is 0 Å². The van der Waals surface area contributed by atoms with Crippen molar-refractivity contribution < 1.29 is 0 Å². The average Bonchev–Trinajstić information content (AvgIpc) is 2.18. The number of hydrogen-bond acceptors (Lipinski definition) is 3. The molecule has 1 atom stereocenters. The lowest BCUT2D eigenvalue weighted by molar-refractivity contribution is 0.768. The summed E-state index contributed by atoms with van der Waals surface area (Å²) in [5, 5.41) is 0.706. The fourth-order valence-electron chi connectivity index (χ4n) is 1.62. The van der Waals surface area contributed by atoms with Gasteiger partial charge < -0.3 is 4.90 Å². The van der Waals surface area contributed by atoms with Crippen LogP contribution in [0.1, 0.15) is 6.92 Å². The topological polar surface area (TPSA) is 16.1 Å². The van der Waals surface area contributed by atoms with E-state index in [1.54, 1.807) is 0 Å². The van der Waals surface area contributed by atoms with Crippen molar-refractivity contribution in [3.8, 4) is 0 Å². The second-order valence-electron chi connectivity index (χ2n) is 3.44. The monoisotopic (exact) mass is 272 g/mol. The highest BCUT2D eigenvalue weighted by molar-refractivity contribution is 9.10. The molecular weight excluding hydrogens is 260 g/mol. The molecule has 1 saturated heterocycles. The Labute approximate surface area is 97.2 Å². The molecule has 0 amide bonds. The standard InChI is InChI=1S/C10H13BrN2S/c1-8-7-13(5-6-14-8)10-9(11)3-2-4-12-10/h2-4,8H,5-7H2,1H3. The first-order valence-corrected chi connectivity index (χ1v) is 6.58. The SMILES string of the molecule is CC1CN(c2ncccc2Br)CCS1. The molecule has 1 aliphatic rings. The second-order valence-corrected chi connectivity index (χ2v) is 5.84. The van der Waals surface area contributed by atoms with Crippen LogP contribution in [0.3, 0.4) is 0 Å².